The minimum Gasteiger partial charge on any atom is -0.374 e. The highest BCUT2D eigenvalue weighted by molar-refractivity contribution is 8.45. The Kier molecular flexibility index (Phi) is 9.13. The number of alkyl halides is 2. The maximum atomic E-state index is 13.1. The van der Waals surface area contributed by atoms with Crippen molar-refractivity contribution >= 4 is 73.7 Å². The van der Waals surface area contributed by atoms with Crippen LogP contribution in [-0.4, -0.2) is 49.1 Å². The lowest BCUT2D eigenvalue weighted by Crippen LogP contribution is -2.31. The van der Waals surface area contributed by atoms with Crippen LogP contribution >= 0.6 is 45.2 Å². The summed E-state index contributed by atoms with van der Waals surface area (Å²) in [7, 11) is -9.80. The number of carbonyl (C=O) groups excluding carboxylic acids is 2. The fourth-order valence-corrected chi connectivity index (χ4v) is 6.18. The van der Waals surface area contributed by atoms with E-state index >= 15 is 0 Å². The Bertz CT molecular complexity index is 1890. The first-order valence-corrected chi connectivity index (χ1v) is 17.4. The van der Waals surface area contributed by atoms with Gasteiger partial charge < -0.3 is 10.1 Å². The third-order valence-corrected chi connectivity index (χ3v) is 9.05. The van der Waals surface area contributed by atoms with Gasteiger partial charge in [0.15, 0.2) is 11.0 Å². The summed E-state index contributed by atoms with van der Waals surface area (Å²) in [4.78, 5) is 32.9. The molecule has 0 spiro atoms. The maximum absolute atomic E-state index is 13.1. The minimum absolute atomic E-state index is 0.0827. The topological polar surface area (TPSA) is 102 Å². The summed E-state index contributed by atoms with van der Waals surface area (Å²) in [6, 6.07) is 12.0. The van der Waals surface area contributed by atoms with Crippen LogP contribution in [0.25, 0.3) is 17.1 Å². The lowest BCUT2D eigenvalue weighted by molar-refractivity contribution is -0.115. The molecule has 1 aliphatic rings. The summed E-state index contributed by atoms with van der Waals surface area (Å²) < 4.78 is 72.0. The highest BCUT2D eigenvalue weighted by Gasteiger charge is 2.65. The lowest BCUT2D eigenvalue weighted by Gasteiger charge is -2.40. The van der Waals surface area contributed by atoms with Crippen LogP contribution < -0.4 is 10.2 Å². The van der Waals surface area contributed by atoms with Crippen LogP contribution in [0.1, 0.15) is 16.7 Å². The zero-order valence-corrected chi connectivity index (χ0v) is 27.6. The molecule has 18 heteroatoms. The number of thioether (sulfide) groups is 1. The number of urea groups is 1. The Hall–Kier alpha value is -3.70. The van der Waals surface area contributed by atoms with E-state index in [1.807, 2.05) is 19.1 Å². The molecule has 0 atom stereocenters. The quantitative estimate of drug-likeness (QED) is 0.136. The Labute approximate surface area is 279 Å². The number of anilines is 2. The van der Waals surface area contributed by atoms with Crippen LogP contribution in [0.4, 0.5) is 35.6 Å². The molecule has 3 aromatic carbocycles. The number of hydrogen-bond donors (Lipinski definition) is 1. The van der Waals surface area contributed by atoms with E-state index in [0.717, 1.165) is 34.1 Å². The molecular weight excluding hydrogens is 710 g/mol. The van der Waals surface area contributed by atoms with Crippen LogP contribution in [0.2, 0.25) is 0 Å². The van der Waals surface area contributed by atoms with E-state index in [-0.39, 0.29) is 41.6 Å². The molecule has 5 rings (SSSR count). The van der Waals surface area contributed by atoms with Crippen molar-refractivity contribution in [1.29, 1.82) is 0 Å². The minimum atomic E-state index is -9.80. The van der Waals surface area contributed by atoms with Gasteiger partial charge in [0.05, 0.1) is 30.3 Å². The van der Waals surface area contributed by atoms with E-state index in [4.69, 9.17) is 27.9 Å². The molecule has 1 aromatic heterocycles. The SMILES string of the molecule is Cc1ccc(COCC(Cl)Cl)c(N2C(=O)CS/C2=N\C(=O)Nc2ccc(-c3ncn(-c4ccc(S(F)(F)(F)(F)F)cc4)n3)cc2C)c1. The van der Waals surface area contributed by atoms with E-state index in [1.165, 1.54) is 11.2 Å². The molecule has 0 saturated carbocycles. The number of hydrogen-bond acceptors (Lipinski definition) is 6. The van der Waals surface area contributed by atoms with Gasteiger partial charge in [-0.25, -0.2) is 14.5 Å². The van der Waals surface area contributed by atoms with E-state index in [1.54, 1.807) is 31.2 Å². The predicted octanol–water partition coefficient (Wildman–Crippen LogP) is 9.20. The number of amidine groups is 1. The molecule has 47 heavy (non-hydrogen) atoms. The molecule has 4 aromatic rings. The molecule has 1 N–H and O–H groups in total. The van der Waals surface area contributed by atoms with Gasteiger partial charge in [-0.05, 0) is 73.5 Å². The standard InChI is InChI=1S/C29H25Cl2F5N6O3S2/c1-17-3-4-20(13-45-14-25(30)31)24(11-17)42-26(43)15-46-29(42)39-28(44)38-23-10-5-19(12-18(23)2)27-37-16-41(40-27)21-6-8-22(9-7-21)47(32,33,34,35)36/h3-12,16,25H,13-15H2,1-2H3,(H,38,44)/b39-29-. The molecule has 1 fully saturated rings. The molecule has 250 valence electrons. The first kappa shape index (κ1) is 34.6. The number of nitrogens with zero attached hydrogens (tertiary/aromatic N) is 5. The van der Waals surface area contributed by atoms with E-state index in [2.05, 4.69) is 20.4 Å². The second-order valence-electron chi connectivity index (χ2n) is 10.4. The lowest BCUT2D eigenvalue weighted by atomic mass is 10.1. The highest BCUT2D eigenvalue weighted by atomic mass is 35.5. The normalized spacial score (nSPS) is 16.1. The van der Waals surface area contributed by atoms with Gasteiger partial charge in [0, 0.05) is 16.8 Å². The average molecular weight is 736 g/mol. The van der Waals surface area contributed by atoms with Crippen molar-refractivity contribution in [3.63, 3.8) is 0 Å². The molecule has 0 unspecified atom stereocenters. The smallest absolute Gasteiger partial charge is 0.347 e. The van der Waals surface area contributed by atoms with Crippen molar-refractivity contribution in [2.24, 2.45) is 4.99 Å². The summed E-state index contributed by atoms with van der Waals surface area (Å²) >= 11 is 12.6. The number of nitrogens with one attached hydrogen (secondary N) is 1. The summed E-state index contributed by atoms with van der Waals surface area (Å²) in [6.45, 7) is 3.79. The Balaban J connectivity index is 1.31. The van der Waals surface area contributed by atoms with Gasteiger partial charge in [0.25, 0.3) is 0 Å². The van der Waals surface area contributed by atoms with Gasteiger partial charge in [-0.15, -0.1) is 28.3 Å². The van der Waals surface area contributed by atoms with Crippen LogP contribution in [-0.2, 0) is 16.1 Å². The summed E-state index contributed by atoms with van der Waals surface area (Å²) in [5.41, 5.74) is 3.71. The van der Waals surface area contributed by atoms with Gasteiger partial charge >= 0.3 is 16.3 Å². The zero-order valence-electron chi connectivity index (χ0n) is 24.5. The fourth-order valence-electron chi connectivity index (χ4n) is 4.49. The second kappa shape index (κ2) is 12.4. The molecule has 1 aliphatic heterocycles. The van der Waals surface area contributed by atoms with Crippen LogP contribution in [0.3, 0.4) is 0 Å². The zero-order chi connectivity index (χ0) is 34.2. The Morgan fingerprint density at radius 2 is 1.79 bits per heavy atom. The van der Waals surface area contributed by atoms with Crippen LogP contribution in [0, 0.1) is 13.8 Å². The molecule has 0 radical (unpaired) electrons. The number of aryl methyl sites for hydroxylation is 2. The number of halogens is 7. The molecule has 0 bridgehead atoms. The van der Waals surface area contributed by atoms with E-state index in [0.29, 0.717) is 40.2 Å². The first-order valence-electron chi connectivity index (χ1n) is 13.6. The van der Waals surface area contributed by atoms with E-state index in [9.17, 15) is 29.0 Å². The van der Waals surface area contributed by atoms with Crippen LogP contribution in [0.15, 0.2) is 76.9 Å². The number of amides is 3. The van der Waals surface area contributed by atoms with Crippen LogP contribution in [0.5, 0.6) is 0 Å². The fraction of sp³-hybridized carbons (Fsp3) is 0.207. The molecule has 1 saturated heterocycles. The highest BCUT2D eigenvalue weighted by Crippen LogP contribution is 3.02. The molecular formula is C29H25Cl2F5N6O3S2. The van der Waals surface area contributed by atoms with Gasteiger partial charge in [0.1, 0.15) is 16.1 Å². The number of aliphatic imine (C=N–C) groups is 1. The second-order valence-corrected chi connectivity index (χ2v) is 15.0. The molecule has 2 heterocycles. The van der Waals surface area contributed by atoms with Crippen molar-refractivity contribution in [3.8, 4) is 17.1 Å². The molecule has 0 aliphatic carbocycles. The molecule has 9 nitrogen and oxygen atoms in total. The summed E-state index contributed by atoms with van der Waals surface area (Å²) in [5, 5.41) is 7.12. The van der Waals surface area contributed by atoms with Gasteiger partial charge in [0.2, 0.25) is 5.91 Å². The van der Waals surface area contributed by atoms with Crippen molar-refractivity contribution in [1.82, 2.24) is 14.8 Å². The number of ether oxygens (including phenoxy) is 1. The summed E-state index contributed by atoms with van der Waals surface area (Å²) in [5.74, 6) is 0.0216. The Morgan fingerprint density at radius 1 is 1.06 bits per heavy atom. The number of carbonyl (C=O) groups is 2. The Morgan fingerprint density at radius 3 is 2.45 bits per heavy atom. The van der Waals surface area contributed by atoms with Gasteiger partial charge in [-0.1, -0.05) is 43.3 Å². The predicted molar refractivity (Wildman–Crippen MR) is 176 cm³/mol. The third kappa shape index (κ3) is 8.43. The average Bonchev–Trinajstić information content (AvgIpc) is 3.61. The van der Waals surface area contributed by atoms with Crippen molar-refractivity contribution in [3.05, 3.63) is 83.7 Å². The molecule has 3 amide bonds. The number of rotatable bonds is 9. The number of benzene rings is 3. The maximum Gasteiger partial charge on any atom is 0.347 e. The van der Waals surface area contributed by atoms with Crippen molar-refractivity contribution in [2.75, 3.05) is 22.6 Å². The van der Waals surface area contributed by atoms with Crippen molar-refractivity contribution in [2.45, 2.75) is 30.2 Å². The number of aromatic nitrogens is 3. The summed E-state index contributed by atoms with van der Waals surface area (Å²) in [6.07, 6.45) is 1.23. The van der Waals surface area contributed by atoms with Gasteiger partial charge in [-0.2, -0.15) is 4.99 Å². The third-order valence-electron chi connectivity index (χ3n) is 6.71. The monoisotopic (exact) mass is 734 g/mol. The largest absolute Gasteiger partial charge is 0.374 e. The van der Waals surface area contributed by atoms with Gasteiger partial charge in [-0.3, -0.25) is 9.69 Å². The van der Waals surface area contributed by atoms with E-state index < -0.39 is 26.0 Å². The van der Waals surface area contributed by atoms with Crippen molar-refractivity contribution < 1.29 is 33.8 Å². The first-order chi connectivity index (χ1) is 21.9.